The van der Waals surface area contributed by atoms with Crippen LogP contribution in [0.15, 0.2) is 41.6 Å². The molecule has 2 heterocycles. The second-order valence-corrected chi connectivity index (χ2v) is 4.77. The maximum absolute atomic E-state index is 9.65. The topological polar surface area (TPSA) is 82.9 Å². The lowest BCUT2D eigenvalue weighted by Crippen LogP contribution is -2.36. The summed E-state index contributed by atoms with van der Waals surface area (Å²) in [5.41, 5.74) is 3.40. The van der Waals surface area contributed by atoms with Crippen LogP contribution in [-0.2, 0) is 4.74 Å². The van der Waals surface area contributed by atoms with Gasteiger partial charge in [0, 0.05) is 24.8 Å². The van der Waals surface area contributed by atoms with Crippen molar-refractivity contribution in [3.63, 3.8) is 0 Å². The minimum Gasteiger partial charge on any atom is -0.507 e. The molecule has 1 fully saturated rings. The number of hydrazone groups is 1. The van der Waals surface area contributed by atoms with E-state index in [1.807, 2.05) is 12.1 Å². The Morgan fingerprint density at radius 3 is 2.86 bits per heavy atom. The van der Waals surface area contributed by atoms with Gasteiger partial charge in [-0.05, 0) is 18.2 Å². The first-order chi connectivity index (χ1) is 10.8. The Hall–Kier alpha value is -2.67. The maximum Gasteiger partial charge on any atom is 0.245 e. The Kier molecular flexibility index (Phi) is 4.45. The number of hydrogen-bond donors (Lipinski definition) is 2. The van der Waals surface area contributed by atoms with Crippen LogP contribution in [-0.4, -0.2) is 47.6 Å². The lowest BCUT2D eigenvalue weighted by Gasteiger charge is -2.27. The summed E-state index contributed by atoms with van der Waals surface area (Å²) < 4.78 is 5.33. The van der Waals surface area contributed by atoms with E-state index in [1.54, 1.807) is 24.4 Å². The monoisotopic (exact) mass is 299 g/mol. The molecule has 3 rings (SSSR count). The average molecular weight is 299 g/mol. The zero-order chi connectivity index (χ0) is 15.2. The van der Waals surface area contributed by atoms with Gasteiger partial charge in [-0.1, -0.05) is 12.1 Å². The molecule has 7 nitrogen and oxygen atoms in total. The number of morpholine rings is 1. The summed E-state index contributed by atoms with van der Waals surface area (Å²) in [7, 11) is 0. The Morgan fingerprint density at radius 2 is 2.05 bits per heavy atom. The molecule has 0 aliphatic carbocycles. The zero-order valence-electron chi connectivity index (χ0n) is 12.0. The van der Waals surface area contributed by atoms with E-state index in [-0.39, 0.29) is 5.75 Å². The number of hydrogen-bond acceptors (Lipinski definition) is 7. The van der Waals surface area contributed by atoms with E-state index in [0.717, 1.165) is 18.9 Å². The first kappa shape index (κ1) is 14.3. The minimum absolute atomic E-state index is 0.177. The molecule has 0 atom stereocenters. The molecule has 0 spiro atoms. The molecule has 2 N–H and O–H groups in total. The molecular weight excluding hydrogens is 282 g/mol. The van der Waals surface area contributed by atoms with Crippen molar-refractivity contribution in [3.05, 3.63) is 42.1 Å². The summed E-state index contributed by atoms with van der Waals surface area (Å²) in [5, 5.41) is 13.7. The first-order valence-electron chi connectivity index (χ1n) is 7.06. The Bertz CT molecular complexity index is 656. The fraction of sp³-hybridized carbons (Fsp3) is 0.267. The lowest BCUT2D eigenvalue weighted by molar-refractivity contribution is 0.122. The first-order valence-corrected chi connectivity index (χ1v) is 7.06. The number of nitrogens with one attached hydrogen (secondary N) is 1. The SMILES string of the molecule is Oc1ccccc1/C=N/Nc1nccc(N2CCOCC2)n1. The van der Waals surface area contributed by atoms with E-state index in [0.29, 0.717) is 24.7 Å². The van der Waals surface area contributed by atoms with Crippen molar-refractivity contribution >= 4 is 18.0 Å². The van der Waals surface area contributed by atoms with Crippen molar-refractivity contribution in [1.29, 1.82) is 0 Å². The Morgan fingerprint density at radius 1 is 1.23 bits per heavy atom. The highest BCUT2D eigenvalue weighted by Crippen LogP contribution is 2.14. The normalized spacial score (nSPS) is 15.2. The number of rotatable bonds is 4. The largest absolute Gasteiger partial charge is 0.507 e. The number of aromatic hydroxyl groups is 1. The summed E-state index contributed by atoms with van der Waals surface area (Å²) in [6.07, 6.45) is 3.22. The molecule has 1 aromatic carbocycles. The molecule has 7 heteroatoms. The van der Waals surface area contributed by atoms with Gasteiger partial charge in [0.15, 0.2) is 0 Å². The van der Waals surface area contributed by atoms with Gasteiger partial charge in [0.25, 0.3) is 0 Å². The Labute approximate surface area is 128 Å². The number of anilines is 2. The van der Waals surface area contributed by atoms with Crippen molar-refractivity contribution in [2.75, 3.05) is 36.6 Å². The molecule has 1 aliphatic rings. The number of para-hydroxylation sites is 1. The summed E-state index contributed by atoms with van der Waals surface area (Å²) >= 11 is 0. The second kappa shape index (κ2) is 6.86. The van der Waals surface area contributed by atoms with Gasteiger partial charge in [-0.3, -0.25) is 0 Å². The van der Waals surface area contributed by atoms with Crippen LogP contribution in [0.2, 0.25) is 0 Å². The molecule has 0 saturated carbocycles. The number of aromatic nitrogens is 2. The van der Waals surface area contributed by atoms with Gasteiger partial charge in [-0.2, -0.15) is 10.1 Å². The van der Waals surface area contributed by atoms with Crippen LogP contribution in [0.25, 0.3) is 0 Å². The smallest absolute Gasteiger partial charge is 0.245 e. The van der Waals surface area contributed by atoms with Crippen LogP contribution in [0.4, 0.5) is 11.8 Å². The minimum atomic E-state index is 0.177. The fourth-order valence-corrected chi connectivity index (χ4v) is 2.13. The molecule has 1 aromatic heterocycles. The van der Waals surface area contributed by atoms with Gasteiger partial charge in [-0.15, -0.1) is 0 Å². The average Bonchev–Trinajstić information content (AvgIpc) is 2.58. The van der Waals surface area contributed by atoms with Gasteiger partial charge in [-0.25, -0.2) is 10.4 Å². The highest BCUT2D eigenvalue weighted by atomic mass is 16.5. The second-order valence-electron chi connectivity index (χ2n) is 4.77. The number of benzene rings is 1. The van der Waals surface area contributed by atoms with Crippen molar-refractivity contribution in [1.82, 2.24) is 9.97 Å². The van der Waals surface area contributed by atoms with Gasteiger partial charge in [0.2, 0.25) is 5.95 Å². The molecular formula is C15H17N5O2. The van der Waals surface area contributed by atoms with Gasteiger partial charge < -0.3 is 14.7 Å². The quantitative estimate of drug-likeness (QED) is 0.657. The van der Waals surface area contributed by atoms with E-state index in [1.165, 1.54) is 6.21 Å². The van der Waals surface area contributed by atoms with Gasteiger partial charge >= 0.3 is 0 Å². The molecule has 114 valence electrons. The van der Waals surface area contributed by atoms with Crippen molar-refractivity contribution in [2.24, 2.45) is 5.10 Å². The fourth-order valence-electron chi connectivity index (χ4n) is 2.13. The zero-order valence-corrected chi connectivity index (χ0v) is 12.0. The van der Waals surface area contributed by atoms with Crippen LogP contribution in [0.5, 0.6) is 5.75 Å². The van der Waals surface area contributed by atoms with E-state index in [4.69, 9.17) is 4.74 Å². The number of ether oxygens (including phenoxy) is 1. The van der Waals surface area contributed by atoms with Crippen LogP contribution in [0.3, 0.4) is 0 Å². The number of phenols is 1. The third-order valence-corrected chi connectivity index (χ3v) is 3.28. The molecule has 22 heavy (non-hydrogen) atoms. The highest BCUT2D eigenvalue weighted by molar-refractivity contribution is 5.83. The molecule has 0 bridgehead atoms. The highest BCUT2D eigenvalue weighted by Gasteiger charge is 2.12. The Balaban J connectivity index is 1.66. The van der Waals surface area contributed by atoms with Crippen molar-refractivity contribution in [2.45, 2.75) is 0 Å². The van der Waals surface area contributed by atoms with Crippen LogP contribution < -0.4 is 10.3 Å². The molecule has 0 amide bonds. The summed E-state index contributed by atoms with van der Waals surface area (Å²) in [6, 6.07) is 8.83. The van der Waals surface area contributed by atoms with E-state index in [9.17, 15) is 5.11 Å². The van der Waals surface area contributed by atoms with Crippen molar-refractivity contribution in [3.8, 4) is 5.75 Å². The summed E-state index contributed by atoms with van der Waals surface area (Å²) in [5.74, 6) is 1.44. The van der Waals surface area contributed by atoms with Crippen LogP contribution in [0.1, 0.15) is 5.56 Å². The molecule has 0 unspecified atom stereocenters. The third-order valence-electron chi connectivity index (χ3n) is 3.28. The van der Waals surface area contributed by atoms with E-state index in [2.05, 4.69) is 25.4 Å². The molecule has 2 aromatic rings. The predicted octanol–water partition coefficient (Wildman–Crippen LogP) is 1.46. The number of nitrogens with zero attached hydrogens (tertiary/aromatic N) is 4. The number of phenolic OH excluding ortho intramolecular Hbond substituents is 1. The molecule has 0 radical (unpaired) electrons. The van der Waals surface area contributed by atoms with Crippen LogP contribution >= 0.6 is 0 Å². The predicted molar refractivity (Wildman–Crippen MR) is 84.4 cm³/mol. The maximum atomic E-state index is 9.65. The lowest BCUT2D eigenvalue weighted by atomic mass is 10.2. The van der Waals surface area contributed by atoms with Gasteiger partial charge in [0.05, 0.1) is 19.4 Å². The van der Waals surface area contributed by atoms with E-state index >= 15 is 0 Å². The summed E-state index contributed by atoms with van der Waals surface area (Å²) in [4.78, 5) is 10.7. The van der Waals surface area contributed by atoms with Crippen LogP contribution in [0, 0.1) is 0 Å². The summed E-state index contributed by atoms with van der Waals surface area (Å²) in [6.45, 7) is 3.05. The third kappa shape index (κ3) is 3.50. The molecule has 1 saturated heterocycles. The van der Waals surface area contributed by atoms with Crippen molar-refractivity contribution < 1.29 is 9.84 Å². The van der Waals surface area contributed by atoms with E-state index < -0.39 is 0 Å². The standard InChI is InChI=1S/C15H17N5O2/c21-13-4-2-1-3-12(13)11-17-19-15-16-6-5-14(18-15)20-7-9-22-10-8-20/h1-6,11,21H,7-10H2,(H,16,18,19)/b17-11+. The molecule has 1 aliphatic heterocycles. The van der Waals surface area contributed by atoms with Gasteiger partial charge in [0.1, 0.15) is 11.6 Å².